The third-order valence-corrected chi connectivity index (χ3v) is 4.34. The summed E-state index contributed by atoms with van der Waals surface area (Å²) < 4.78 is 29.1. The molecule has 0 heterocycles. The first-order valence-electron chi connectivity index (χ1n) is 5.21. The molecule has 0 spiro atoms. The average Bonchev–Trinajstić information content (AvgIpc) is 2.37. The number of nitrogens with two attached hydrogens (primary N) is 1. The van der Waals surface area contributed by atoms with E-state index in [9.17, 15) is 13.2 Å². The van der Waals surface area contributed by atoms with Crippen LogP contribution in [0.3, 0.4) is 0 Å². The van der Waals surface area contributed by atoms with Gasteiger partial charge in [0.25, 0.3) is 0 Å². The molecule has 0 fully saturated rings. The van der Waals surface area contributed by atoms with Crippen LogP contribution in [0.15, 0.2) is 24.3 Å². The summed E-state index contributed by atoms with van der Waals surface area (Å²) in [5.74, 6) is -1.52. The third kappa shape index (κ3) is 3.90. The van der Waals surface area contributed by atoms with Gasteiger partial charge in [0.05, 0.1) is 12.8 Å². The molecule has 0 bridgehead atoms. The Bertz CT molecular complexity index is 581. The quantitative estimate of drug-likeness (QED) is 0.620. The number of hydrogen-bond acceptors (Lipinski definition) is 5. The number of ether oxygens (including phenoxy) is 1. The van der Waals surface area contributed by atoms with E-state index in [0.717, 1.165) is 11.4 Å². The molecule has 0 aromatic heterocycles. The molecule has 0 atom stereocenters. The first-order chi connectivity index (χ1) is 8.77. The maximum atomic E-state index is 11.9. The maximum Gasteiger partial charge on any atom is 0.322 e. The Labute approximate surface area is 117 Å². The molecule has 6 nitrogen and oxygen atoms in total. The molecule has 104 valence electrons. The number of hydrogen-bond donors (Lipinski definition) is 1. The molecule has 0 amide bonds. The summed E-state index contributed by atoms with van der Waals surface area (Å²) in [5, 5.41) is 0. The molecule has 1 aromatic rings. The minimum Gasteiger partial charge on any atom is -0.468 e. The van der Waals surface area contributed by atoms with Crippen molar-refractivity contribution in [2.75, 3.05) is 24.2 Å². The van der Waals surface area contributed by atoms with Gasteiger partial charge >= 0.3 is 5.97 Å². The minimum absolute atomic E-state index is 0.228. The molecule has 0 aliphatic rings. The van der Waals surface area contributed by atoms with Crippen LogP contribution in [-0.4, -0.2) is 39.3 Å². The highest BCUT2D eigenvalue weighted by Crippen LogP contribution is 2.17. The number of esters is 1. The Balaban J connectivity index is 2.96. The zero-order valence-corrected chi connectivity index (χ0v) is 12.1. The van der Waals surface area contributed by atoms with E-state index in [-0.39, 0.29) is 4.99 Å². The molecule has 1 rings (SSSR count). The average molecular weight is 302 g/mol. The number of methoxy groups -OCH3 is 1. The van der Waals surface area contributed by atoms with E-state index < -0.39 is 21.7 Å². The van der Waals surface area contributed by atoms with E-state index >= 15 is 0 Å². The van der Waals surface area contributed by atoms with Crippen LogP contribution in [0.25, 0.3) is 0 Å². The van der Waals surface area contributed by atoms with Gasteiger partial charge in [-0.2, -0.15) is 0 Å². The molecule has 19 heavy (non-hydrogen) atoms. The minimum atomic E-state index is -3.76. The fraction of sp³-hybridized carbons (Fsp3) is 0.273. The highest BCUT2D eigenvalue weighted by molar-refractivity contribution is 7.93. The zero-order valence-electron chi connectivity index (χ0n) is 10.5. The van der Waals surface area contributed by atoms with E-state index in [1.54, 1.807) is 24.3 Å². The molecule has 0 unspecified atom stereocenters. The maximum absolute atomic E-state index is 11.9. The van der Waals surface area contributed by atoms with Gasteiger partial charge in [-0.1, -0.05) is 12.2 Å². The van der Waals surface area contributed by atoms with Crippen LogP contribution < -0.4 is 10.0 Å². The summed E-state index contributed by atoms with van der Waals surface area (Å²) in [6, 6.07) is 6.34. The molecule has 0 radical (unpaired) electrons. The lowest BCUT2D eigenvalue weighted by Crippen LogP contribution is -2.32. The number of carbonyl (C=O) groups is 1. The van der Waals surface area contributed by atoms with Crippen molar-refractivity contribution in [3.05, 3.63) is 29.8 Å². The predicted molar refractivity (Wildman–Crippen MR) is 76.5 cm³/mol. The number of thiocarbonyl (C=S) groups is 1. The molecule has 8 heteroatoms. The second-order valence-electron chi connectivity index (χ2n) is 3.71. The highest BCUT2D eigenvalue weighted by Gasteiger charge is 2.22. The van der Waals surface area contributed by atoms with Crippen LogP contribution in [0.1, 0.15) is 5.56 Å². The van der Waals surface area contributed by atoms with Crippen molar-refractivity contribution in [2.45, 2.75) is 0 Å². The van der Waals surface area contributed by atoms with E-state index in [1.807, 2.05) is 0 Å². The molecule has 0 aliphatic carbocycles. The standard InChI is InChI=1S/C11H14N2O4S2/c1-13(19(15,16)7-10(14)17-2)9-5-3-8(4-6-9)11(12)18/h3-6H,7H2,1-2H3,(H2,12,18). The van der Waals surface area contributed by atoms with Crippen LogP contribution in [0.2, 0.25) is 0 Å². The molecular weight excluding hydrogens is 288 g/mol. The Hall–Kier alpha value is -1.67. The van der Waals surface area contributed by atoms with E-state index in [4.69, 9.17) is 18.0 Å². The summed E-state index contributed by atoms with van der Waals surface area (Å²) >= 11 is 4.80. The van der Waals surface area contributed by atoms with Gasteiger partial charge in [0.15, 0.2) is 5.75 Å². The molecule has 0 aliphatic heterocycles. The summed E-state index contributed by atoms with van der Waals surface area (Å²) in [7, 11) is -1.27. The van der Waals surface area contributed by atoms with Crippen molar-refractivity contribution in [3.63, 3.8) is 0 Å². The lowest BCUT2D eigenvalue weighted by Gasteiger charge is -2.18. The zero-order chi connectivity index (χ0) is 14.6. The van der Waals surface area contributed by atoms with Crippen LogP contribution in [0.5, 0.6) is 0 Å². The van der Waals surface area contributed by atoms with Gasteiger partial charge in [0.2, 0.25) is 10.0 Å². The largest absolute Gasteiger partial charge is 0.468 e. The highest BCUT2D eigenvalue weighted by atomic mass is 32.2. The smallest absolute Gasteiger partial charge is 0.322 e. The molecule has 2 N–H and O–H groups in total. The van der Waals surface area contributed by atoms with Crippen molar-refractivity contribution in [3.8, 4) is 0 Å². The molecular formula is C11H14N2O4S2. The van der Waals surface area contributed by atoms with Gasteiger partial charge in [0.1, 0.15) is 4.99 Å². The van der Waals surface area contributed by atoms with E-state index in [1.165, 1.54) is 7.05 Å². The lowest BCUT2D eigenvalue weighted by atomic mass is 10.2. The van der Waals surface area contributed by atoms with Gasteiger partial charge in [-0.05, 0) is 24.3 Å². The summed E-state index contributed by atoms with van der Waals surface area (Å²) in [6.07, 6.45) is 0. The molecule has 1 aromatic carbocycles. The van der Waals surface area contributed by atoms with Gasteiger partial charge < -0.3 is 10.5 Å². The fourth-order valence-corrected chi connectivity index (χ4v) is 2.49. The Kier molecular flexibility index (Phi) is 4.84. The number of anilines is 1. The van der Waals surface area contributed by atoms with Crippen molar-refractivity contribution in [1.82, 2.24) is 0 Å². The summed E-state index contributed by atoms with van der Waals surface area (Å²) in [4.78, 5) is 11.3. The van der Waals surface area contributed by atoms with Crippen LogP contribution in [0, 0.1) is 0 Å². The van der Waals surface area contributed by atoms with Crippen molar-refractivity contribution in [2.24, 2.45) is 5.73 Å². The number of benzene rings is 1. The van der Waals surface area contributed by atoms with Crippen LogP contribution in [-0.2, 0) is 19.6 Å². The summed E-state index contributed by atoms with van der Waals surface area (Å²) in [5.41, 5.74) is 6.49. The van der Waals surface area contributed by atoms with Gasteiger partial charge in [0, 0.05) is 12.6 Å². The SMILES string of the molecule is COC(=O)CS(=O)(=O)N(C)c1ccc(C(N)=S)cc1. The van der Waals surface area contributed by atoms with Crippen LogP contribution in [0.4, 0.5) is 5.69 Å². The third-order valence-electron chi connectivity index (χ3n) is 2.46. The lowest BCUT2D eigenvalue weighted by molar-refractivity contribution is -0.137. The van der Waals surface area contributed by atoms with E-state index in [0.29, 0.717) is 11.3 Å². The normalized spacial score (nSPS) is 10.8. The monoisotopic (exact) mass is 302 g/mol. The predicted octanol–water partition coefficient (Wildman–Crippen LogP) is 0.260. The van der Waals surface area contributed by atoms with E-state index in [2.05, 4.69) is 4.74 Å². The Morgan fingerprint density at radius 1 is 1.37 bits per heavy atom. The second-order valence-corrected chi connectivity index (χ2v) is 6.15. The second kappa shape index (κ2) is 5.98. The fourth-order valence-electron chi connectivity index (χ4n) is 1.30. The first kappa shape index (κ1) is 15.4. The Morgan fingerprint density at radius 3 is 2.32 bits per heavy atom. The van der Waals surface area contributed by atoms with Crippen LogP contribution >= 0.6 is 12.2 Å². The number of rotatable bonds is 5. The molecule has 0 saturated carbocycles. The Morgan fingerprint density at radius 2 is 1.89 bits per heavy atom. The topological polar surface area (TPSA) is 89.7 Å². The van der Waals surface area contributed by atoms with Crippen molar-refractivity contribution >= 4 is 38.9 Å². The number of carbonyl (C=O) groups excluding carboxylic acids is 1. The summed E-state index contributed by atoms with van der Waals surface area (Å²) in [6.45, 7) is 0. The van der Waals surface area contributed by atoms with Crippen molar-refractivity contribution < 1.29 is 17.9 Å². The number of nitrogens with zero attached hydrogens (tertiary/aromatic N) is 1. The first-order valence-corrected chi connectivity index (χ1v) is 7.23. The number of sulfonamides is 1. The molecule has 0 saturated heterocycles. The van der Waals surface area contributed by atoms with Gasteiger partial charge in [-0.15, -0.1) is 0 Å². The van der Waals surface area contributed by atoms with Gasteiger partial charge in [-0.25, -0.2) is 8.42 Å². The van der Waals surface area contributed by atoms with Crippen molar-refractivity contribution in [1.29, 1.82) is 0 Å². The van der Waals surface area contributed by atoms with Gasteiger partial charge in [-0.3, -0.25) is 9.10 Å².